The van der Waals surface area contributed by atoms with Crippen molar-refractivity contribution in [2.24, 2.45) is 23.7 Å². The molecule has 0 bridgehead atoms. The van der Waals surface area contributed by atoms with Gasteiger partial charge in [0.1, 0.15) is 17.2 Å². The summed E-state index contributed by atoms with van der Waals surface area (Å²) in [6.07, 6.45) is 8.35. The van der Waals surface area contributed by atoms with Crippen LogP contribution in [0.5, 0.6) is 5.88 Å². The molecule has 3 aliphatic rings. The summed E-state index contributed by atoms with van der Waals surface area (Å²) in [5.41, 5.74) is 0.231. The first-order valence-electron chi connectivity index (χ1n) is 12.7. The first-order chi connectivity index (χ1) is 16.2. The van der Waals surface area contributed by atoms with E-state index in [1.165, 1.54) is 6.92 Å². The molecule has 1 saturated carbocycles. The SMILES string of the molecule is CC(=O)O[C@@H]1C[C@@]2(O)[C@H](C)CC[C@@H]([C@H](C)CN3CCCC(Oc4ncccc4Cl)C3)[C@H]2C=C1C. The van der Waals surface area contributed by atoms with E-state index in [-0.39, 0.29) is 30.0 Å². The summed E-state index contributed by atoms with van der Waals surface area (Å²) in [5, 5.41) is 12.4. The maximum atomic E-state index is 11.8. The van der Waals surface area contributed by atoms with E-state index in [1.54, 1.807) is 6.20 Å². The molecule has 6 nitrogen and oxygen atoms in total. The van der Waals surface area contributed by atoms with Gasteiger partial charge < -0.3 is 14.6 Å². The molecule has 7 atom stereocenters. The highest BCUT2D eigenvalue weighted by molar-refractivity contribution is 6.31. The van der Waals surface area contributed by atoms with Crippen LogP contribution in [-0.4, -0.2) is 58.4 Å². The first-order valence-corrected chi connectivity index (χ1v) is 13.1. The van der Waals surface area contributed by atoms with Crippen molar-refractivity contribution in [1.82, 2.24) is 9.88 Å². The number of nitrogens with zero attached hydrogens (tertiary/aromatic N) is 2. The smallest absolute Gasteiger partial charge is 0.303 e. The molecule has 0 amide bonds. The molecule has 1 saturated heterocycles. The summed E-state index contributed by atoms with van der Waals surface area (Å²) >= 11 is 6.25. The topological polar surface area (TPSA) is 71.9 Å². The number of hydrogen-bond acceptors (Lipinski definition) is 6. The molecule has 4 rings (SSSR count). The third-order valence-electron chi connectivity index (χ3n) is 8.34. The van der Waals surface area contributed by atoms with Gasteiger partial charge in [-0.15, -0.1) is 0 Å². The number of ether oxygens (including phenoxy) is 2. The van der Waals surface area contributed by atoms with Crippen LogP contribution in [0, 0.1) is 23.7 Å². The Hall–Kier alpha value is -1.63. The van der Waals surface area contributed by atoms with E-state index in [4.69, 9.17) is 21.1 Å². The molecule has 34 heavy (non-hydrogen) atoms. The van der Waals surface area contributed by atoms with Crippen molar-refractivity contribution in [1.29, 1.82) is 0 Å². The van der Waals surface area contributed by atoms with Crippen LogP contribution in [0.4, 0.5) is 0 Å². The zero-order valence-electron chi connectivity index (χ0n) is 20.9. The summed E-state index contributed by atoms with van der Waals surface area (Å²) < 4.78 is 11.7. The van der Waals surface area contributed by atoms with Crippen molar-refractivity contribution < 1.29 is 19.4 Å². The average Bonchev–Trinajstić information content (AvgIpc) is 2.77. The van der Waals surface area contributed by atoms with Crippen molar-refractivity contribution in [2.45, 2.75) is 77.6 Å². The van der Waals surface area contributed by atoms with E-state index < -0.39 is 5.60 Å². The molecule has 1 aromatic heterocycles. The summed E-state index contributed by atoms with van der Waals surface area (Å²) in [4.78, 5) is 18.4. The lowest BCUT2D eigenvalue weighted by atomic mass is 9.57. The van der Waals surface area contributed by atoms with Gasteiger partial charge in [-0.05, 0) is 74.6 Å². The molecule has 7 heteroatoms. The average molecular weight is 491 g/mol. The lowest BCUT2D eigenvalue weighted by Gasteiger charge is -2.53. The number of carbonyl (C=O) groups excluding carboxylic acids is 1. The quantitative estimate of drug-likeness (QED) is 0.452. The van der Waals surface area contributed by atoms with Gasteiger partial charge in [0, 0.05) is 38.5 Å². The highest BCUT2D eigenvalue weighted by Crippen LogP contribution is 2.51. The van der Waals surface area contributed by atoms with Gasteiger partial charge in [0.2, 0.25) is 5.88 Å². The zero-order valence-corrected chi connectivity index (χ0v) is 21.6. The number of aromatic nitrogens is 1. The minimum atomic E-state index is -0.833. The van der Waals surface area contributed by atoms with E-state index in [0.717, 1.165) is 50.9 Å². The Balaban J connectivity index is 1.43. The lowest BCUT2D eigenvalue weighted by molar-refractivity contribution is -0.159. The van der Waals surface area contributed by atoms with Crippen LogP contribution in [-0.2, 0) is 9.53 Å². The van der Waals surface area contributed by atoms with Crippen molar-refractivity contribution in [3.05, 3.63) is 35.0 Å². The molecule has 2 aliphatic carbocycles. The maximum Gasteiger partial charge on any atom is 0.303 e. The van der Waals surface area contributed by atoms with Crippen LogP contribution in [0.2, 0.25) is 5.02 Å². The molecule has 2 fully saturated rings. The fraction of sp³-hybridized carbons (Fsp3) is 0.704. The molecule has 188 valence electrons. The molecule has 1 aromatic rings. The standard InChI is InChI=1S/C27H39ClN2O4/c1-17-13-23-22(10-9-19(3)27(23,32)14-25(17)33-20(4)31)18(2)15-30-12-6-7-21(16-30)34-26-24(28)8-5-11-29-26/h5,8,11,13,18-19,21-23,25,32H,6-7,9-10,12,14-16H2,1-4H3/t18-,19-,21?,22+,23-,25-,27-/m1/s1. The van der Waals surface area contributed by atoms with Crippen molar-refractivity contribution >= 4 is 17.6 Å². The number of esters is 1. The molecule has 2 heterocycles. The Morgan fingerprint density at radius 2 is 2.18 bits per heavy atom. The van der Waals surface area contributed by atoms with Gasteiger partial charge in [0.15, 0.2) is 0 Å². The van der Waals surface area contributed by atoms with E-state index in [9.17, 15) is 9.90 Å². The van der Waals surface area contributed by atoms with Crippen molar-refractivity contribution in [3.8, 4) is 5.88 Å². The van der Waals surface area contributed by atoms with Crippen LogP contribution >= 0.6 is 11.6 Å². The van der Waals surface area contributed by atoms with Gasteiger partial charge in [-0.3, -0.25) is 9.69 Å². The number of hydrogen-bond donors (Lipinski definition) is 1. The zero-order chi connectivity index (χ0) is 24.5. The molecular weight excluding hydrogens is 452 g/mol. The Morgan fingerprint density at radius 1 is 1.38 bits per heavy atom. The van der Waals surface area contributed by atoms with E-state index in [1.807, 2.05) is 19.1 Å². The number of piperidine rings is 1. The highest BCUT2D eigenvalue weighted by Gasteiger charge is 2.52. The second-order valence-electron chi connectivity index (χ2n) is 10.8. The molecule has 0 aromatic carbocycles. The summed E-state index contributed by atoms with van der Waals surface area (Å²) in [6, 6.07) is 3.62. The van der Waals surface area contributed by atoms with Crippen LogP contribution in [0.3, 0.4) is 0 Å². The number of halogens is 1. The molecule has 1 unspecified atom stereocenters. The van der Waals surface area contributed by atoms with Crippen molar-refractivity contribution in [3.63, 3.8) is 0 Å². The molecule has 1 aliphatic heterocycles. The minimum Gasteiger partial charge on any atom is -0.472 e. The monoisotopic (exact) mass is 490 g/mol. The van der Waals surface area contributed by atoms with Gasteiger partial charge in [0.05, 0.1) is 5.60 Å². The summed E-state index contributed by atoms with van der Waals surface area (Å²) in [7, 11) is 0. The number of aliphatic hydroxyl groups is 1. The predicted octanol–water partition coefficient (Wildman–Crippen LogP) is 4.89. The fourth-order valence-corrected chi connectivity index (χ4v) is 6.60. The van der Waals surface area contributed by atoms with Crippen LogP contribution in [0.15, 0.2) is 30.0 Å². The van der Waals surface area contributed by atoms with E-state index in [0.29, 0.717) is 29.2 Å². The summed E-state index contributed by atoms with van der Waals surface area (Å²) in [5.74, 6) is 1.31. The Bertz CT molecular complexity index is 908. The number of carbonyl (C=O) groups is 1. The van der Waals surface area contributed by atoms with Gasteiger partial charge in [0.25, 0.3) is 0 Å². The normalized spacial score (nSPS) is 35.1. The fourth-order valence-electron chi connectivity index (χ4n) is 6.43. The predicted molar refractivity (Wildman–Crippen MR) is 133 cm³/mol. The molecular formula is C27H39ClN2O4. The van der Waals surface area contributed by atoms with E-state index >= 15 is 0 Å². The third-order valence-corrected chi connectivity index (χ3v) is 8.63. The van der Waals surface area contributed by atoms with Gasteiger partial charge >= 0.3 is 5.97 Å². The second kappa shape index (κ2) is 10.5. The minimum absolute atomic E-state index is 0.0815. The van der Waals surface area contributed by atoms with Crippen molar-refractivity contribution in [2.75, 3.05) is 19.6 Å². The lowest BCUT2D eigenvalue weighted by Crippen LogP contribution is -2.56. The number of rotatable bonds is 6. The Morgan fingerprint density at radius 3 is 2.91 bits per heavy atom. The molecule has 0 radical (unpaired) electrons. The number of fused-ring (bicyclic) bond motifs is 1. The van der Waals surface area contributed by atoms with Gasteiger partial charge in [-0.1, -0.05) is 31.5 Å². The van der Waals surface area contributed by atoms with E-state index in [2.05, 4.69) is 29.8 Å². The Kier molecular flexibility index (Phi) is 7.90. The third kappa shape index (κ3) is 5.44. The second-order valence-corrected chi connectivity index (χ2v) is 11.2. The van der Waals surface area contributed by atoms with Gasteiger partial charge in [-0.2, -0.15) is 0 Å². The largest absolute Gasteiger partial charge is 0.472 e. The van der Waals surface area contributed by atoms with Crippen LogP contribution < -0.4 is 4.74 Å². The highest BCUT2D eigenvalue weighted by atomic mass is 35.5. The maximum absolute atomic E-state index is 11.8. The first kappa shape index (κ1) is 25.5. The molecule has 1 N–H and O–H groups in total. The summed E-state index contributed by atoms with van der Waals surface area (Å²) in [6.45, 7) is 10.8. The Labute approximate surface area is 208 Å². The van der Waals surface area contributed by atoms with Crippen LogP contribution in [0.25, 0.3) is 0 Å². The van der Waals surface area contributed by atoms with Crippen LogP contribution in [0.1, 0.15) is 59.8 Å². The number of pyridine rings is 1. The number of likely N-dealkylation sites (tertiary alicyclic amines) is 1. The molecule has 0 spiro atoms. The van der Waals surface area contributed by atoms with Gasteiger partial charge in [-0.25, -0.2) is 4.98 Å².